The van der Waals surface area contributed by atoms with Gasteiger partial charge in [-0.2, -0.15) is 9.49 Å². The molecule has 0 fully saturated rings. The van der Waals surface area contributed by atoms with E-state index in [1.165, 1.54) is 10.9 Å². The molecule has 34 heavy (non-hydrogen) atoms. The van der Waals surface area contributed by atoms with Crippen LogP contribution < -0.4 is 16.6 Å². The monoisotopic (exact) mass is 481 g/mol. The van der Waals surface area contributed by atoms with Gasteiger partial charge in [0.1, 0.15) is 23.5 Å². The van der Waals surface area contributed by atoms with Crippen LogP contribution in [0.1, 0.15) is 24.6 Å². The summed E-state index contributed by atoms with van der Waals surface area (Å²) in [5.74, 6) is 0.307. The van der Waals surface area contributed by atoms with Gasteiger partial charge in [-0.05, 0) is 24.4 Å². The summed E-state index contributed by atoms with van der Waals surface area (Å²) in [7, 11) is 0. The molecule has 13 heteroatoms. The van der Waals surface area contributed by atoms with Gasteiger partial charge in [-0.25, -0.2) is 9.97 Å². The van der Waals surface area contributed by atoms with Crippen molar-refractivity contribution < 1.29 is 8.81 Å². The number of benzene rings is 1. The van der Waals surface area contributed by atoms with Gasteiger partial charge in [-0.1, -0.05) is 23.7 Å². The number of aromatic nitrogens is 7. The van der Waals surface area contributed by atoms with E-state index in [9.17, 15) is 9.18 Å². The number of pyridine rings is 1. The lowest BCUT2D eigenvalue weighted by Crippen LogP contribution is -2.26. The van der Waals surface area contributed by atoms with E-state index in [2.05, 4.69) is 35.7 Å². The second-order valence-electron chi connectivity index (χ2n) is 7.46. The number of hydrogen-bond donors (Lipinski definition) is 3. The highest BCUT2D eigenvalue weighted by Gasteiger charge is 2.23. The second-order valence-corrected chi connectivity index (χ2v) is 7.87. The molecule has 5 aromatic rings. The summed E-state index contributed by atoms with van der Waals surface area (Å²) in [6.07, 6.45) is 1.29. The standard InChI is InChI=1S/C21H17ClFN9O2/c1-9(27-19-17(18(24)25-8-26-19)20-31-28-10(2)34-20)13-6-11-4-3-5-12(22)16(11)21(33)32(13)15-7-14(23)29-30-15/h3-9H,1-2H3,(H,29,30)(H3,24,25,26,27). The van der Waals surface area contributed by atoms with Gasteiger partial charge in [-0.3, -0.25) is 14.5 Å². The number of aryl methyl sites for hydroxylation is 1. The van der Waals surface area contributed by atoms with Crippen LogP contribution in [0.4, 0.5) is 16.0 Å². The lowest BCUT2D eigenvalue weighted by atomic mass is 10.1. The predicted molar refractivity (Wildman–Crippen MR) is 123 cm³/mol. The van der Waals surface area contributed by atoms with Crippen LogP contribution in [0, 0.1) is 12.9 Å². The molecule has 0 saturated carbocycles. The number of nitrogens with zero attached hydrogens (tertiary/aromatic N) is 6. The van der Waals surface area contributed by atoms with Crippen molar-refractivity contribution in [3.8, 4) is 17.3 Å². The van der Waals surface area contributed by atoms with E-state index in [0.29, 0.717) is 28.4 Å². The fourth-order valence-corrected chi connectivity index (χ4v) is 3.96. The van der Waals surface area contributed by atoms with Crippen molar-refractivity contribution in [3.05, 3.63) is 69.6 Å². The molecule has 1 unspecified atom stereocenters. The normalized spacial score (nSPS) is 12.2. The number of fused-ring (bicyclic) bond motifs is 1. The lowest BCUT2D eigenvalue weighted by molar-refractivity contribution is 0.532. The first-order valence-electron chi connectivity index (χ1n) is 10.1. The van der Waals surface area contributed by atoms with Gasteiger partial charge in [-0.15, -0.1) is 10.2 Å². The molecule has 11 nitrogen and oxygen atoms in total. The molecule has 0 radical (unpaired) electrons. The number of nitrogens with one attached hydrogen (secondary N) is 2. The van der Waals surface area contributed by atoms with E-state index in [1.54, 1.807) is 38.1 Å². The van der Waals surface area contributed by atoms with Crippen molar-refractivity contribution in [2.24, 2.45) is 0 Å². The number of nitrogen functional groups attached to an aromatic ring is 1. The molecule has 4 aromatic heterocycles. The molecule has 5 rings (SSSR count). The molecule has 1 aromatic carbocycles. The zero-order chi connectivity index (χ0) is 24.0. The third-order valence-electron chi connectivity index (χ3n) is 5.20. The SMILES string of the molecule is Cc1nnc(-c2c(N)ncnc2NC(C)c2cc3cccc(Cl)c3c(=O)n2-c2cc(F)[nH]n2)o1. The van der Waals surface area contributed by atoms with Crippen LogP contribution in [0.2, 0.25) is 5.02 Å². The van der Waals surface area contributed by atoms with E-state index in [-0.39, 0.29) is 27.9 Å². The number of hydrogen-bond acceptors (Lipinski definition) is 9. The minimum atomic E-state index is -0.689. The fourth-order valence-electron chi connectivity index (χ4n) is 3.69. The van der Waals surface area contributed by atoms with Crippen molar-refractivity contribution in [1.82, 2.24) is 34.9 Å². The summed E-state index contributed by atoms with van der Waals surface area (Å²) in [4.78, 5) is 21.8. The highest BCUT2D eigenvalue weighted by atomic mass is 35.5. The van der Waals surface area contributed by atoms with Crippen LogP contribution in [-0.2, 0) is 0 Å². The third kappa shape index (κ3) is 3.63. The Morgan fingerprint density at radius 1 is 1.26 bits per heavy atom. The van der Waals surface area contributed by atoms with Gasteiger partial charge in [0.2, 0.25) is 11.8 Å². The summed E-state index contributed by atoms with van der Waals surface area (Å²) in [5.41, 5.74) is 6.41. The van der Waals surface area contributed by atoms with Crippen LogP contribution in [0.3, 0.4) is 0 Å². The summed E-state index contributed by atoms with van der Waals surface area (Å²) in [6.45, 7) is 3.44. The van der Waals surface area contributed by atoms with E-state index in [4.69, 9.17) is 21.8 Å². The van der Waals surface area contributed by atoms with Gasteiger partial charge in [0, 0.05) is 13.0 Å². The Morgan fingerprint density at radius 3 is 2.79 bits per heavy atom. The summed E-state index contributed by atoms with van der Waals surface area (Å²) < 4.78 is 20.6. The van der Waals surface area contributed by atoms with E-state index in [1.807, 2.05) is 0 Å². The van der Waals surface area contributed by atoms with Gasteiger partial charge < -0.3 is 15.5 Å². The number of aromatic amines is 1. The molecule has 0 aliphatic rings. The Kier molecular flexibility index (Phi) is 5.21. The van der Waals surface area contributed by atoms with Crippen LogP contribution >= 0.6 is 11.6 Å². The van der Waals surface area contributed by atoms with Crippen LogP contribution in [0.5, 0.6) is 0 Å². The summed E-state index contributed by atoms with van der Waals surface area (Å²) in [5, 5.41) is 18.4. The Morgan fingerprint density at radius 2 is 2.09 bits per heavy atom. The molecule has 0 aliphatic heterocycles. The van der Waals surface area contributed by atoms with Crippen molar-refractivity contribution >= 4 is 34.0 Å². The van der Waals surface area contributed by atoms with Crippen molar-refractivity contribution in [2.75, 3.05) is 11.1 Å². The van der Waals surface area contributed by atoms with E-state index < -0.39 is 17.5 Å². The topological polar surface area (TPSA) is 153 Å². The smallest absolute Gasteiger partial charge is 0.266 e. The average molecular weight is 482 g/mol. The highest BCUT2D eigenvalue weighted by Crippen LogP contribution is 2.32. The molecule has 0 spiro atoms. The van der Waals surface area contributed by atoms with Crippen molar-refractivity contribution in [1.29, 1.82) is 0 Å². The molecule has 4 heterocycles. The minimum Gasteiger partial charge on any atom is -0.421 e. The molecule has 0 saturated heterocycles. The molecular weight excluding hydrogens is 465 g/mol. The zero-order valence-corrected chi connectivity index (χ0v) is 18.6. The van der Waals surface area contributed by atoms with Gasteiger partial charge in [0.15, 0.2) is 5.82 Å². The lowest BCUT2D eigenvalue weighted by Gasteiger charge is -2.21. The Hall–Kier alpha value is -4.32. The minimum absolute atomic E-state index is 0.0721. The first-order chi connectivity index (χ1) is 16.3. The summed E-state index contributed by atoms with van der Waals surface area (Å²) >= 11 is 6.31. The number of anilines is 2. The van der Waals surface area contributed by atoms with Crippen molar-refractivity contribution in [3.63, 3.8) is 0 Å². The van der Waals surface area contributed by atoms with Crippen LogP contribution in [0.25, 0.3) is 28.0 Å². The van der Waals surface area contributed by atoms with Gasteiger partial charge in [0.05, 0.1) is 22.1 Å². The average Bonchev–Trinajstić information content (AvgIpc) is 3.41. The number of nitrogens with two attached hydrogens (primary N) is 1. The largest absolute Gasteiger partial charge is 0.421 e. The number of H-pyrrole nitrogens is 1. The maximum Gasteiger partial charge on any atom is 0.266 e. The predicted octanol–water partition coefficient (Wildman–Crippen LogP) is 3.41. The number of rotatable bonds is 5. The Balaban J connectivity index is 1.67. The van der Waals surface area contributed by atoms with Crippen LogP contribution in [-0.4, -0.2) is 34.9 Å². The molecule has 0 amide bonds. The molecule has 1 atom stereocenters. The molecule has 0 bridgehead atoms. The Labute approximate surface area is 195 Å². The fraction of sp³-hybridized carbons (Fsp3) is 0.143. The Bertz CT molecular complexity index is 1590. The third-order valence-corrected chi connectivity index (χ3v) is 5.51. The first kappa shape index (κ1) is 21.5. The highest BCUT2D eigenvalue weighted by molar-refractivity contribution is 6.35. The molecule has 4 N–H and O–H groups in total. The molecule has 172 valence electrons. The number of halogens is 2. The quantitative estimate of drug-likeness (QED) is 0.342. The second kappa shape index (κ2) is 8.23. The van der Waals surface area contributed by atoms with Gasteiger partial charge in [0.25, 0.3) is 11.4 Å². The van der Waals surface area contributed by atoms with Crippen molar-refractivity contribution in [2.45, 2.75) is 19.9 Å². The van der Waals surface area contributed by atoms with Crippen LogP contribution in [0.15, 0.2) is 45.9 Å². The van der Waals surface area contributed by atoms with Gasteiger partial charge >= 0.3 is 0 Å². The van der Waals surface area contributed by atoms with E-state index >= 15 is 0 Å². The van der Waals surface area contributed by atoms with E-state index in [0.717, 1.165) is 6.07 Å². The zero-order valence-electron chi connectivity index (χ0n) is 17.9. The maximum atomic E-state index is 13.8. The molecular formula is C21H17ClFN9O2. The maximum absolute atomic E-state index is 13.8. The first-order valence-corrected chi connectivity index (χ1v) is 10.4. The molecule has 0 aliphatic carbocycles. The summed E-state index contributed by atoms with van der Waals surface area (Å²) in [6, 6.07) is 7.47.